The average Bonchev–Trinajstić information content (AvgIpc) is 4.04. The molecule has 0 saturated heterocycles. The van der Waals surface area contributed by atoms with Crippen LogP contribution >= 0.6 is 0 Å². The molecular weight excluding hydrogens is 709 g/mol. The third-order valence-corrected chi connectivity index (χ3v) is 12.1. The van der Waals surface area contributed by atoms with Gasteiger partial charge in [0.2, 0.25) is 0 Å². The molecule has 4 aromatic heterocycles. The van der Waals surface area contributed by atoms with E-state index in [0.29, 0.717) is 0 Å². The van der Waals surface area contributed by atoms with Crippen LogP contribution in [0.1, 0.15) is 0 Å². The molecule has 9 aromatic carbocycles. The molecule has 4 heteroatoms. The van der Waals surface area contributed by atoms with E-state index in [1.54, 1.807) is 0 Å². The van der Waals surface area contributed by atoms with E-state index >= 15 is 0 Å². The first kappa shape index (κ1) is 31.4. The lowest BCUT2D eigenvalue weighted by Gasteiger charge is -2.10. The average molecular weight is 741 g/mol. The maximum absolute atomic E-state index is 6.70. The van der Waals surface area contributed by atoms with Crippen molar-refractivity contribution in [2.45, 2.75) is 0 Å². The van der Waals surface area contributed by atoms with Gasteiger partial charge >= 0.3 is 0 Å². The van der Waals surface area contributed by atoms with Crippen LogP contribution in [0.3, 0.4) is 0 Å². The summed E-state index contributed by atoms with van der Waals surface area (Å²) < 4.78 is 18.1. The zero-order chi connectivity index (χ0) is 37.9. The Morgan fingerprint density at radius 3 is 1.62 bits per heavy atom. The van der Waals surface area contributed by atoms with Gasteiger partial charge < -0.3 is 18.0 Å². The molecule has 0 bridgehead atoms. The van der Waals surface area contributed by atoms with E-state index in [1.165, 1.54) is 38.2 Å². The predicted molar refractivity (Wildman–Crippen MR) is 241 cm³/mol. The molecule has 0 saturated carbocycles. The van der Waals surface area contributed by atoms with Gasteiger partial charge in [0.05, 0.1) is 27.8 Å². The lowest BCUT2D eigenvalue weighted by molar-refractivity contribution is 0.666. The number of hydrogen-bond acceptors (Lipinski definition) is 2. The summed E-state index contributed by atoms with van der Waals surface area (Å²) in [5.74, 6) is 0. The van der Waals surface area contributed by atoms with E-state index in [-0.39, 0.29) is 0 Å². The number of aromatic nitrogens is 2. The minimum atomic E-state index is 0.875. The van der Waals surface area contributed by atoms with Crippen LogP contribution in [0, 0.1) is 0 Å². The maximum atomic E-state index is 6.70. The van der Waals surface area contributed by atoms with Crippen molar-refractivity contribution >= 4 is 87.5 Å². The summed E-state index contributed by atoms with van der Waals surface area (Å²) in [7, 11) is 0. The molecule has 58 heavy (non-hydrogen) atoms. The van der Waals surface area contributed by atoms with Crippen molar-refractivity contribution in [1.29, 1.82) is 0 Å². The van der Waals surface area contributed by atoms with Gasteiger partial charge in [-0.3, -0.25) is 0 Å². The molecule has 0 fully saturated rings. The number of benzene rings is 9. The van der Waals surface area contributed by atoms with Crippen LogP contribution in [-0.4, -0.2) is 9.13 Å². The Labute approximate surface area is 332 Å². The molecule has 0 aliphatic carbocycles. The number of para-hydroxylation sites is 5. The molecule has 0 spiro atoms. The standard InChI is InChI=1S/C54H32N2O2/c1-2-12-33(13-3-1)34-24-27-36(28-25-34)55-44-20-7-4-16-42(44)51-46(55)30-31-47-52(51)43-32-35(37-17-10-18-40-38-14-5-8-22-49(38)57-53(37)40)26-29-45(43)56(47)48-21-11-19-41-39-15-6-9-23-50(39)58-54(41)48/h1-32H. The van der Waals surface area contributed by atoms with Crippen molar-refractivity contribution < 1.29 is 8.83 Å². The first-order valence-corrected chi connectivity index (χ1v) is 19.8. The van der Waals surface area contributed by atoms with Gasteiger partial charge in [-0.15, -0.1) is 0 Å². The van der Waals surface area contributed by atoms with Gasteiger partial charge in [-0.25, -0.2) is 0 Å². The van der Waals surface area contributed by atoms with Gasteiger partial charge in [0.25, 0.3) is 0 Å². The number of furan rings is 2. The Balaban J connectivity index is 1.14. The second-order valence-corrected chi connectivity index (χ2v) is 15.2. The second-order valence-electron chi connectivity index (χ2n) is 15.2. The van der Waals surface area contributed by atoms with Gasteiger partial charge in [0.1, 0.15) is 16.7 Å². The molecule has 0 amide bonds. The quantitative estimate of drug-likeness (QED) is 0.180. The minimum Gasteiger partial charge on any atom is -0.455 e. The first-order valence-electron chi connectivity index (χ1n) is 19.8. The Morgan fingerprint density at radius 1 is 0.310 bits per heavy atom. The van der Waals surface area contributed by atoms with Crippen LogP contribution in [0.5, 0.6) is 0 Å². The van der Waals surface area contributed by atoms with Crippen molar-refractivity contribution in [3.63, 3.8) is 0 Å². The molecule has 4 nitrogen and oxygen atoms in total. The molecule has 0 N–H and O–H groups in total. The molecule has 13 rings (SSSR count). The fraction of sp³-hybridized carbons (Fsp3) is 0. The summed E-state index contributed by atoms with van der Waals surface area (Å²) in [6.45, 7) is 0. The molecule has 4 heterocycles. The van der Waals surface area contributed by atoms with E-state index in [2.05, 4.69) is 191 Å². The molecule has 0 unspecified atom stereocenters. The zero-order valence-electron chi connectivity index (χ0n) is 31.2. The summed E-state index contributed by atoms with van der Waals surface area (Å²) in [4.78, 5) is 0. The third-order valence-electron chi connectivity index (χ3n) is 12.1. The Bertz CT molecular complexity index is 3780. The van der Waals surface area contributed by atoms with E-state index < -0.39 is 0 Å². The van der Waals surface area contributed by atoms with Gasteiger partial charge in [0, 0.05) is 54.3 Å². The molecule has 0 atom stereocenters. The molecular formula is C54H32N2O2. The molecule has 270 valence electrons. The monoisotopic (exact) mass is 740 g/mol. The Kier molecular flexibility index (Phi) is 6.41. The van der Waals surface area contributed by atoms with Crippen molar-refractivity contribution in [2.24, 2.45) is 0 Å². The van der Waals surface area contributed by atoms with Crippen LogP contribution in [0.2, 0.25) is 0 Å². The van der Waals surface area contributed by atoms with E-state index in [0.717, 1.165) is 82.9 Å². The SMILES string of the molecule is c1ccc(-c2ccc(-n3c4ccccc4c4c5c6cc(-c7cccc8c7oc7ccccc78)ccc6n(-c6cccc7c6oc6ccccc67)c5ccc43)cc2)cc1. The van der Waals surface area contributed by atoms with Gasteiger partial charge in [-0.2, -0.15) is 0 Å². The molecule has 0 aliphatic rings. The number of rotatable bonds is 4. The van der Waals surface area contributed by atoms with Gasteiger partial charge in [-0.1, -0.05) is 133 Å². The van der Waals surface area contributed by atoms with Crippen molar-refractivity contribution in [2.75, 3.05) is 0 Å². The van der Waals surface area contributed by atoms with E-state index in [9.17, 15) is 0 Å². The molecule has 0 aliphatic heterocycles. The van der Waals surface area contributed by atoms with Crippen LogP contribution in [0.25, 0.3) is 121 Å². The van der Waals surface area contributed by atoms with Crippen molar-refractivity contribution in [3.05, 3.63) is 194 Å². The summed E-state index contributed by atoms with van der Waals surface area (Å²) in [5, 5.41) is 9.27. The van der Waals surface area contributed by atoms with Gasteiger partial charge in [0.15, 0.2) is 5.58 Å². The zero-order valence-corrected chi connectivity index (χ0v) is 31.2. The van der Waals surface area contributed by atoms with Gasteiger partial charge in [-0.05, 0) is 77.4 Å². The Morgan fingerprint density at radius 2 is 0.845 bits per heavy atom. The van der Waals surface area contributed by atoms with Crippen LogP contribution in [0.4, 0.5) is 0 Å². The van der Waals surface area contributed by atoms with Crippen LogP contribution in [-0.2, 0) is 0 Å². The van der Waals surface area contributed by atoms with Crippen LogP contribution in [0.15, 0.2) is 203 Å². The highest BCUT2D eigenvalue weighted by Gasteiger charge is 2.23. The van der Waals surface area contributed by atoms with Crippen molar-refractivity contribution in [1.82, 2.24) is 9.13 Å². The third kappa shape index (κ3) is 4.34. The normalized spacial score (nSPS) is 12.1. The highest BCUT2D eigenvalue weighted by atomic mass is 16.3. The minimum absolute atomic E-state index is 0.875. The maximum Gasteiger partial charge on any atom is 0.159 e. The second kappa shape index (κ2) is 11.8. The lowest BCUT2D eigenvalue weighted by atomic mass is 9.99. The largest absolute Gasteiger partial charge is 0.455 e. The highest BCUT2D eigenvalue weighted by molar-refractivity contribution is 6.29. The summed E-state index contributed by atoms with van der Waals surface area (Å²) >= 11 is 0. The molecule has 0 radical (unpaired) electrons. The topological polar surface area (TPSA) is 36.1 Å². The molecule has 13 aromatic rings. The van der Waals surface area contributed by atoms with Crippen LogP contribution < -0.4 is 0 Å². The fourth-order valence-corrected chi connectivity index (χ4v) is 9.59. The number of nitrogens with zero attached hydrogens (tertiary/aromatic N) is 2. The summed E-state index contributed by atoms with van der Waals surface area (Å²) in [6.07, 6.45) is 0. The lowest BCUT2D eigenvalue weighted by Crippen LogP contribution is -1.95. The number of hydrogen-bond donors (Lipinski definition) is 0. The Hall–Kier alpha value is -7.82. The predicted octanol–water partition coefficient (Wildman–Crippen LogP) is 15.0. The highest BCUT2D eigenvalue weighted by Crippen LogP contribution is 2.46. The fourth-order valence-electron chi connectivity index (χ4n) is 9.59. The van der Waals surface area contributed by atoms with E-state index in [1.807, 2.05) is 12.1 Å². The van der Waals surface area contributed by atoms with Crippen molar-refractivity contribution in [3.8, 4) is 33.6 Å². The summed E-state index contributed by atoms with van der Waals surface area (Å²) in [6, 6.07) is 69.4. The summed E-state index contributed by atoms with van der Waals surface area (Å²) in [5.41, 5.74) is 14.8. The first-order chi connectivity index (χ1) is 28.8. The number of fused-ring (bicyclic) bond motifs is 13. The smallest absolute Gasteiger partial charge is 0.159 e. The van der Waals surface area contributed by atoms with E-state index in [4.69, 9.17) is 8.83 Å².